The van der Waals surface area contributed by atoms with Gasteiger partial charge in [0.15, 0.2) is 0 Å². The van der Waals surface area contributed by atoms with Gasteiger partial charge in [-0.3, -0.25) is 15.0 Å². The number of carbonyl (C=O) groups is 2. The first-order chi connectivity index (χ1) is 6.09. The number of carboxylic acid groups (broad SMARTS) is 1. The van der Waals surface area contributed by atoms with Crippen molar-refractivity contribution in [3.8, 4) is 0 Å². The van der Waals surface area contributed by atoms with Gasteiger partial charge in [0.05, 0.1) is 5.03 Å². The Bertz CT molecular complexity index is 298. The van der Waals surface area contributed by atoms with E-state index in [-0.39, 0.29) is 0 Å². The molecule has 0 aromatic carbocycles. The van der Waals surface area contributed by atoms with Gasteiger partial charge < -0.3 is 5.11 Å². The third-order valence-corrected chi connectivity index (χ3v) is 1.53. The summed E-state index contributed by atoms with van der Waals surface area (Å²) >= 11 is 5.55. The molecule has 0 fully saturated rings. The highest BCUT2D eigenvalue weighted by atomic mass is 35.5. The number of carboxylic acids is 1. The molecule has 0 saturated heterocycles. The molecule has 0 aliphatic carbocycles. The number of hydrazine groups is 1. The van der Waals surface area contributed by atoms with Crippen LogP contribution >= 0.6 is 11.6 Å². The van der Waals surface area contributed by atoms with E-state index >= 15 is 0 Å². The third kappa shape index (κ3) is 2.79. The molecule has 0 aromatic rings. The lowest BCUT2D eigenvalue weighted by Crippen LogP contribution is -2.37. The van der Waals surface area contributed by atoms with E-state index in [4.69, 9.17) is 16.7 Å². The normalized spacial score (nSPS) is 14.8. The average Bonchev–Trinajstić information content (AvgIpc) is 2.04. The maximum Gasteiger partial charge on any atom is 0.312 e. The van der Waals surface area contributed by atoms with Crippen molar-refractivity contribution >= 4 is 23.5 Å². The predicted molar refractivity (Wildman–Crippen MR) is 45.3 cm³/mol. The number of nitrogens with one attached hydrogen (secondary N) is 1. The van der Waals surface area contributed by atoms with E-state index in [1.807, 2.05) is 0 Å². The third-order valence-electron chi connectivity index (χ3n) is 1.30. The Morgan fingerprint density at radius 2 is 2.31 bits per heavy atom. The molecule has 2 N–H and O–H groups in total. The highest BCUT2D eigenvalue weighted by Crippen LogP contribution is 2.07. The first-order valence-electron chi connectivity index (χ1n) is 3.43. The topological polar surface area (TPSA) is 69.6 Å². The maximum absolute atomic E-state index is 11.1. The van der Waals surface area contributed by atoms with Gasteiger partial charge in [-0.1, -0.05) is 11.6 Å². The SMILES string of the molecule is O=C(O)CC(=O)N1C=CC(Cl)=CN1. The minimum Gasteiger partial charge on any atom is -0.481 e. The smallest absolute Gasteiger partial charge is 0.312 e. The highest BCUT2D eigenvalue weighted by Gasteiger charge is 2.15. The minimum absolute atomic E-state index is 0.444. The zero-order valence-electron chi connectivity index (χ0n) is 6.53. The number of halogens is 1. The summed E-state index contributed by atoms with van der Waals surface area (Å²) < 4.78 is 0. The molecule has 0 spiro atoms. The van der Waals surface area contributed by atoms with Crippen molar-refractivity contribution in [1.82, 2.24) is 10.4 Å². The molecule has 1 aliphatic heterocycles. The predicted octanol–water partition coefficient (Wildman–Crippen LogP) is 0.402. The van der Waals surface area contributed by atoms with Crippen LogP contribution in [0.25, 0.3) is 0 Å². The van der Waals surface area contributed by atoms with Crippen molar-refractivity contribution in [1.29, 1.82) is 0 Å². The van der Waals surface area contributed by atoms with E-state index in [0.29, 0.717) is 5.03 Å². The highest BCUT2D eigenvalue weighted by molar-refractivity contribution is 6.31. The van der Waals surface area contributed by atoms with E-state index in [2.05, 4.69) is 5.43 Å². The summed E-state index contributed by atoms with van der Waals surface area (Å²) in [4.78, 5) is 21.3. The lowest BCUT2D eigenvalue weighted by Gasteiger charge is -2.19. The molecule has 0 aromatic heterocycles. The molecule has 13 heavy (non-hydrogen) atoms. The Hall–Kier alpha value is -1.49. The van der Waals surface area contributed by atoms with Crippen LogP contribution in [0.4, 0.5) is 0 Å². The van der Waals surface area contributed by atoms with Gasteiger partial charge >= 0.3 is 5.97 Å². The fourth-order valence-electron chi connectivity index (χ4n) is 0.738. The second-order valence-corrected chi connectivity index (χ2v) is 2.74. The second kappa shape index (κ2) is 3.95. The van der Waals surface area contributed by atoms with Gasteiger partial charge in [0.1, 0.15) is 6.42 Å². The first kappa shape index (κ1) is 9.60. The Balaban J connectivity index is 2.52. The van der Waals surface area contributed by atoms with E-state index < -0.39 is 18.3 Å². The zero-order chi connectivity index (χ0) is 9.84. The number of hydrogen-bond donors (Lipinski definition) is 2. The molecule has 1 amide bonds. The Kier molecular flexibility index (Phi) is 2.92. The Morgan fingerprint density at radius 1 is 1.62 bits per heavy atom. The molecule has 70 valence electrons. The molecule has 0 radical (unpaired) electrons. The van der Waals surface area contributed by atoms with Crippen molar-refractivity contribution in [2.45, 2.75) is 6.42 Å². The number of rotatable bonds is 2. The molecule has 1 aliphatic rings. The van der Waals surface area contributed by atoms with Crippen LogP contribution in [0.1, 0.15) is 6.42 Å². The summed E-state index contributed by atoms with van der Waals surface area (Å²) in [5.74, 6) is -1.72. The monoisotopic (exact) mass is 202 g/mol. The van der Waals surface area contributed by atoms with Crippen molar-refractivity contribution < 1.29 is 14.7 Å². The van der Waals surface area contributed by atoms with Crippen LogP contribution in [0, 0.1) is 0 Å². The molecule has 0 saturated carbocycles. The summed E-state index contributed by atoms with van der Waals surface area (Å²) in [5.41, 5.74) is 2.51. The van der Waals surface area contributed by atoms with Crippen molar-refractivity contribution in [2.24, 2.45) is 0 Å². The average molecular weight is 203 g/mol. The summed E-state index contributed by atoms with van der Waals surface area (Å²) in [7, 11) is 0. The Labute approximate surface area is 79.2 Å². The van der Waals surface area contributed by atoms with E-state index in [0.717, 1.165) is 5.01 Å². The van der Waals surface area contributed by atoms with Gasteiger partial charge in [-0.05, 0) is 6.08 Å². The van der Waals surface area contributed by atoms with E-state index in [1.54, 1.807) is 0 Å². The van der Waals surface area contributed by atoms with E-state index in [9.17, 15) is 9.59 Å². The molecular weight excluding hydrogens is 196 g/mol. The summed E-state index contributed by atoms with van der Waals surface area (Å²) in [5, 5.41) is 9.83. The van der Waals surface area contributed by atoms with Gasteiger partial charge in [-0.2, -0.15) is 0 Å². The summed E-state index contributed by atoms with van der Waals surface area (Å²) in [6.45, 7) is 0. The van der Waals surface area contributed by atoms with Gasteiger partial charge in [-0.15, -0.1) is 0 Å². The molecule has 1 heterocycles. The standard InChI is InChI=1S/C7H7ClN2O3/c8-5-1-2-10(9-4-5)6(11)3-7(12)13/h1-2,4,9H,3H2,(H,12,13). The van der Waals surface area contributed by atoms with Crippen molar-refractivity contribution in [2.75, 3.05) is 0 Å². The fraction of sp³-hybridized carbons (Fsp3) is 0.143. The van der Waals surface area contributed by atoms with Crippen LogP contribution in [-0.4, -0.2) is 22.0 Å². The van der Waals surface area contributed by atoms with E-state index in [1.165, 1.54) is 18.5 Å². The molecule has 0 bridgehead atoms. The van der Waals surface area contributed by atoms with Crippen LogP contribution < -0.4 is 5.43 Å². The summed E-state index contributed by atoms with van der Waals surface area (Å²) in [6, 6.07) is 0. The fourth-order valence-corrected chi connectivity index (χ4v) is 0.843. The number of allylic oxidation sites excluding steroid dienone is 2. The van der Waals surface area contributed by atoms with Crippen LogP contribution in [-0.2, 0) is 9.59 Å². The van der Waals surface area contributed by atoms with Gasteiger partial charge in [0.25, 0.3) is 5.91 Å². The number of nitrogens with zero attached hydrogens (tertiary/aromatic N) is 1. The lowest BCUT2D eigenvalue weighted by molar-refractivity contribution is -0.143. The van der Waals surface area contributed by atoms with Crippen LogP contribution in [0.5, 0.6) is 0 Å². The molecule has 0 atom stereocenters. The van der Waals surface area contributed by atoms with Crippen LogP contribution in [0.2, 0.25) is 0 Å². The number of amides is 1. The molecule has 0 unspecified atom stereocenters. The second-order valence-electron chi connectivity index (χ2n) is 2.31. The largest absolute Gasteiger partial charge is 0.481 e. The minimum atomic E-state index is -1.17. The van der Waals surface area contributed by atoms with Gasteiger partial charge in [-0.25, -0.2) is 5.01 Å². The van der Waals surface area contributed by atoms with Crippen molar-refractivity contribution in [3.05, 3.63) is 23.5 Å². The molecule has 5 nitrogen and oxygen atoms in total. The quantitative estimate of drug-likeness (QED) is 0.636. The van der Waals surface area contributed by atoms with Crippen LogP contribution in [0.15, 0.2) is 23.5 Å². The van der Waals surface area contributed by atoms with Gasteiger partial charge in [0, 0.05) is 12.4 Å². The van der Waals surface area contributed by atoms with Crippen LogP contribution in [0.3, 0.4) is 0 Å². The maximum atomic E-state index is 11.1. The lowest BCUT2D eigenvalue weighted by atomic mass is 10.4. The molecule has 6 heteroatoms. The number of carbonyl (C=O) groups excluding carboxylic acids is 1. The first-order valence-corrected chi connectivity index (χ1v) is 3.81. The van der Waals surface area contributed by atoms with Gasteiger partial charge in [0.2, 0.25) is 0 Å². The molecular formula is C7H7ClN2O3. The number of hydrogen-bond acceptors (Lipinski definition) is 3. The number of aliphatic carboxylic acids is 1. The zero-order valence-corrected chi connectivity index (χ0v) is 7.28. The molecule has 1 rings (SSSR count). The summed E-state index contributed by atoms with van der Waals surface area (Å²) in [6.07, 6.45) is 3.69. The Morgan fingerprint density at radius 3 is 2.77 bits per heavy atom. The van der Waals surface area contributed by atoms with Crippen molar-refractivity contribution in [3.63, 3.8) is 0 Å².